The molecule has 0 fully saturated rings. The standard InChI is InChI=1S/C18H15BrN4OS.BrH/c1-24-15-8-2-12(3-9-15)10-17-20-21-18-23(17)22-16(11-25-18)13-4-6-14(19)7-5-13;/h2-9H,10-11H2,1H3;1H. The van der Waals surface area contributed by atoms with Crippen LogP contribution in [0.25, 0.3) is 0 Å². The number of thioether (sulfide) groups is 1. The lowest BCUT2D eigenvalue weighted by Crippen LogP contribution is -2.14. The van der Waals surface area contributed by atoms with E-state index in [4.69, 9.17) is 9.84 Å². The van der Waals surface area contributed by atoms with Crippen LogP contribution in [0, 0.1) is 0 Å². The number of benzene rings is 2. The quantitative estimate of drug-likeness (QED) is 0.531. The number of hydrogen-bond acceptors (Lipinski definition) is 5. The van der Waals surface area contributed by atoms with Crippen molar-refractivity contribution in [2.75, 3.05) is 12.9 Å². The molecule has 26 heavy (non-hydrogen) atoms. The van der Waals surface area contributed by atoms with Crippen molar-refractivity contribution in [3.8, 4) is 5.75 Å². The van der Waals surface area contributed by atoms with Gasteiger partial charge < -0.3 is 4.74 Å². The molecule has 4 rings (SSSR count). The van der Waals surface area contributed by atoms with E-state index in [1.165, 1.54) is 0 Å². The number of ether oxygens (including phenoxy) is 1. The molecule has 134 valence electrons. The molecule has 2 aromatic carbocycles. The highest BCUT2D eigenvalue weighted by molar-refractivity contribution is 9.10. The molecule has 8 heteroatoms. The molecule has 0 saturated carbocycles. The Morgan fingerprint density at radius 3 is 2.50 bits per heavy atom. The summed E-state index contributed by atoms with van der Waals surface area (Å²) in [5.41, 5.74) is 3.29. The number of halogens is 2. The zero-order valence-electron chi connectivity index (χ0n) is 13.9. The molecule has 1 aliphatic rings. The molecule has 0 bridgehead atoms. The highest BCUT2D eigenvalue weighted by atomic mass is 79.9. The van der Waals surface area contributed by atoms with Crippen LogP contribution in [0.2, 0.25) is 0 Å². The van der Waals surface area contributed by atoms with Crippen molar-refractivity contribution < 1.29 is 4.74 Å². The lowest BCUT2D eigenvalue weighted by atomic mass is 10.1. The monoisotopic (exact) mass is 494 g/mol. The van der Waals surface area contributed by atoms with Gasteiger partial charge in [0.2, 0.25) is 5.16 Å². The highest BCUT2D eigenvalue weighted by Gasteiger charge is 2.19. The largest absolute Gasteiger partial charge is 0.497 e. The van der Waals surface area contributed by atoms with Gasteiger partial charge in [0.1, 0.15) is 5.75 Å². The average Bonchev–Trinajstić information content (AvgIpc) is 3.05. The van der Waals surface area contributed by atoms with E-state index >= 15 is 0 Å². The van der Waals surface area contributed by atoms with Crippen molar-refractivity contribution >= 4 is 50.4 Å². The topological polar surface area (TPSA) is 52.3 Å². The van der Waals surface area contributed by atoms with Gasteiger partial charge in [-0.05, 0) is 35.4 Å². The van der Waals surface area contributed by atoms with E-state index in [1.54, 1.807) is 18.9 Å². The third kappa shape index (κ3) is 4.02. The van der Waals surface area contributed by atoms with E-state index in [9.17, 15) is 0 Å². The molecule has 1 aliphatic heterocycles. The molecule has 0 unspecified atom stereocenters. The van der Waals surface area contributed by atoms with Crippen LogP contribution in [0.3, 0.4) is 0 Å². The maximum Gasteiger partial charge on any atom is 0.212 e. The zero-order valence-corrected chi connectivity index (χ0v) is 18.0. The summed E-state index contributed by atoms with van der Waals surface area (Å²) in [5, 5.41) is 14.2. The normalized spacial score (nSPS) is 12.8. The molecule has 0 N–H and O–H groups in total. The number of methoxy groups -OCH3 is 1. The van der Waals surface area contributed by atoms with Crippen LogP contribution in [0.1, 0.15) is 17.0 Å². The molecule has 0 spiro atoms. The molecule has 0 saturated heterocycles. The summed E-state index contributed by atoms with van der Waals surface area (Å²) in [6.07, 6.45) is 0.675. The molecule has 0 aliphatic carbocycles. The molecule has 0 radical (unpaired) electrons. The van der Waals surface area contributed by atoms with Gasteiger partial charge in [0, 0.05) is 16.6 Å². The fourth-order valence-electron chi connectivity index (χ4n) is 2.59. The van der Waals surface area contributed by atoms with Crippen LogP contribution < -0.4 is 4.74 Å². The van der Waals surface area contributed by atoms with Crippen LogP contribution in [0.5, 0.6) is 5.75 Å². The number of aromatic nitrogens is 3. The number of fused-ring (bicyclic) bond motifs is 1. The number of hydrogen-bond donors (Lipinski definition) is 0. The van der Waals surface area contributed by atoms with Crippen molar-refractivity contribution in [2.24, 2.45) is 5.10 Å². The SMILES string of the molecule is Br.COc1ccc(Cc2nnc3n2N=C(c2ccc(Br)cc2)CS3)cc1. The summed E-state index contributed by atoms with van der Waals surface area (Å²) < 4.78 is 8.12. The van der Waals surface area contributed by atoms with Crippen LogP contribution in [0.4, 0.5) is 0 Å². The molecule has 0 atom stereocenters. The molecule has 0 amide bonds. The Morgan fingerprint density at radius 2 is 1.81 bits per heavy atom. The van der Waals surface area contributed by atoms with E-state index in [2.05, 4.69) is 38.3 Å². The minimum Gasteiger partial charge on any atom is -0.497 e. The van der Waals surface area contributed by atoms with Gasteiger partial charge in [0.25, 0.3) is 0 Å². The minimum atomic E-state index is 0. The minimum absolute atomic E-state index is 0. The third-order valence-electron chi connectivity index (χ3n) is 3.93. The Kier molecular flexibility index (Phi) is 6.16. The van der Waals surface area contributed by atoms with Crippen LogP contribution in [-0.4, -0.2) is 33.4 Å². The lowest BCUT2D eigenvalue weighted by molar-refractivity contribution is 0.414. The molecule has 3 aromatic rings. The van der Waals surface area contributed by atoms with Crippen molar-refractivity contribution in [3.05, 3.63) is 70.0 Å². The first kappa shape index (κ1) is 19.1. The van der Waals surface area contributed by atoms with Gasteiger partial charge >= 0.3 is 0 Å². The van der Waals surface area contributed by atoms with E-state index in [1.807, 2.05) is 41.1 Å². The van der Waals surface area contributed by atoms with Gasteiger partial charge in [-0.3, -0.25) is 0 Å². The molecular formula is C18H16Br2N4OS. The smallest absolute Gasteiger partial charge is 0.212 e. The van der Waals surface area contributed by atoms with Crippen molar-refractivity contribution in [1.82, 2.24) is 14.9 Å². The number of nitrogens with zero attached hydrogens (tertiary/aromatic N) is 4. The van der Waals surface area contributed by atoms with Crippen molar-refractivity contribution in [3.63, 3.8) is 0 Å². The fraction of sp³-hybridized carbons (Fsp3) is 0.167. The van der Waals surface area contributed by atoms with E-state index in [-0.39, 0.29) is 17.0 Å². The summed E-state index contributed by atoms with van der Waals surface area (Å²) in [6.45, 7) is 0. The first-order valence-electron chi connectivity index (χ1n) is 7.77. The summed E-state index contributed by atoms with van der Waals surface area (Å²) in [4.78, 5) is 0. The van der Waals surface area contributed by atoms with Gasteiger partial charge in [-0.2, -0.15) is 9.78 Å². The maximum absolute atomic E-state index is 5.20. The fourth-order valence-corrected chi connectivity index (χ4v) is 3.71. The predicted molar refractivity (Wildman–Crippen MR) is 113 cm³/mol. The average molecular weight is 496 g/mol. The van der Waals surface area contributed by atoms with Gasteiger partial charge in [0.15, 0.2) is 5.82 Å². The Balaban J connectivity index is 0.00000196. The number of rotatable bonds is 4. The third-order valence-corrected chi connectivity index (χ3v) is 5.39. The van der Waals surface area contributed by atoms with Crippen LogP contribution >= 0.6 is 44.7 Å². The van der Waals surface area contributed by atoms with Crippen LogP contribution in [-0.2, 0) is 6.42 Å². The second kappa shape index (κ2) is 8.37. The van der Waals surface area contributed by atoms with E-state index < -0.39 is 0 Å². The Morgan fingerprint density at radius 1 is 1.08 bits per heavy atom. The van der Waals surface area contributed by atoms with Gasteiger partial charge in [-0.15, -0.1) is 27.2 Å². The Hall–Kier alpha value is -1.64. The summed E-state index contributed by atoms with van der Waals surface area (Å²) >= 11 is 5.13. The molecular weight excluding hydrogens is 480 g/mol. The first-order chi connectivity index (χ1) is 12.2. The summed E-state index contributed by atoms with van der Waals surface area (Å²) in [6, 6.07) is 16.2. The molecule has 2 heterocycles. The second-order valence-electron chi connectivity index (χ2n) is 5.58. The van der Waals surface area contributed by atoms with Gasteiger partial charge in [0.05, 0.1) is 12.8 Å². The maximum atomic E-state index is 5.20. The van der Waals surface area contributed by atoms with E-state index in [0.29, 0.717) is 6.42 Å². The Labute approximate surface area is 174 Å². The predicted octanol–water partition coefficient (Wildman–Crippen LogP) is 4.58. The summed E-state index contributed by atoms with van der Waals surface area (Å²) in [7, 11) is 1.67. The van der Waals surface area contributed by atoms with Gasteiger partial charge in [-0.25, -0.2) is 0 Å². The first-order valence-corrected chi connectivity index (χ1v) is 9.54. The lowest BCUT2D eigenvalue weighted by Gasteiger charge is -2.14. The summed E-state index contributed by atoms with van der Waals surface area (Å²) in [5.74, 6) is 2.47. The van der Waals surface area contributed by atoms with Crippen molar-refractivity contribution in [2.45, 2.75) is 11.6 Å². The van der Waals surface area contributed by atoms with Crippen LogP contribution in [0.15, 0.2) is 63.3 Å². The van der Waals surface area contributed by atoms with E-state index in [0.717, 1.165) is 43.8 Å². The molecule has 5 nitrogen and oxygen atoms in total. The zero-order chi connectivity index (χ0) is 17.2. The molecule has 1 aromatic heterocycles. The second-order valence-corrected chi connectivity index (χ2v) is 7.44. The highest BCUT2D eigenvalue weighted by Crippen LogP contribution is 2.25. The van der Waals surface area contributed by atoms with Crippen molar-refractivity contribution in [1.29, 1.82) is 0 Å². The Bertz CT molecular complexity index is 923. The van der Waals surface area contributed by atoms with Gasteiger partial charge in [-0.1, -0.05) is 52.0 Å².